The standard InChI is InChI=1S/C15H19N3O2/c1-11-8-18(9-12(2)20-11)10-15(19)17-14-6-4-3-5-13(14)7-16/h3-6,11-12H,8-10H2,1-2H3,(H,17,19). The molecule has 0 spiro atoms. The SMILES string of the molecule is CC1CN(CC(=O)Nc2ccccc2C#N)CC(C)O1. The summed E-state index contributed by atoms with van der Waals surface area (Å²) in [5.41, 5.74) is 1.04. The maximum atomic E-state index is 12.1. The lowest BCUT2D eigenvalue weighted by Gasteiger charge is -2.34. The van der Waals surface area contributed by atoms with Crippen molar-refractivity contribution in [3.63, 3.8) is 0 Å². The number of amides is 1. The van der Waals surface area contributed by atoms with Crippen LogP contribution in [0.5, 0.6) is 0 Å². The van der Waals surface area contributed by atoms with Gasteiger partial charge in [-0.15, -0.1) is 0 Å². The summed E-state index contributed by atoms with van der Waals surface area (Å²) in [5, 5.41) is 11.8. The number of carbonyl (C=O) groups is 1. The van der Waals surface area contributed by atoms with E-state index in [1.165, 1.54) is 0 Å². The molecule has 2 rings (SSSR count). The predicted octanol–water partition coefficient (Wildman–Crippen LogP) is 1.61. The van der Waals surface area contributed by atoms with E-state index in [0.29, 0.717) is 17.8 Å². The topological polar surface area (TPSA) is 65.4 Å². The van der Waals surface area contributed by atoms with Crippen LogP contribution in [0.15, 0.2) is 24.3 Å². The van der Waals surface area contributed by atoms with Gasteiger partial charge in [-0.25, -0.2) is 0 Å². The number of hydrogen-bond donors (Lipinski definition) is 1. The van der Waals surface area contributed by atoms with Crippen molar-refractivity contribution in [3.05, 3.63) is 29.8 Å². The molecule has 1 aliphatic heterocycles. The zero-order valence-electron chi connectivity index (χ0n) is 11.8. The molecule has 1 aromatic carbocycles. The first kappa shape index (κ1) is 14.5. The van der Waals surface area contributed by atoms with Crippen molar-refractivity contribution in [2.45, 2.75) is 26.1 Å². The molecule has 1 heterocycles. The number of nitriles is 1. The molecule has 2 unspecified atom stereocenters. The maximum Gasteiger partial charge on any atom is 0.238 e. The van der Waals surface area contributed by atoms with Crippen LogP contribution in [0.2, 0.25) is 0 Å². The van der Waals surface area contributed by atoms with E-state index < -0.39 is 0 Å². The first-order chi connectivity index (χ1) is 9.58. The molecular formula is C15H19N3O2. The van der Waals surface area contributed by atoms with Crippen LogP contribution in [0.3, 0.4) is 0 Å². The Balaban J connectivity index is 1.94. The minimum atomic E-state index is -0.103. The van der Waals surface area contributed by atoms with Gasteiger partial charge in [-0.3, -0.25) is 9.69 Å². The van der Waals surface area contributed by atoms with Crippen molar-refractivity contribution < 1.29 is 9.53 Å². The van der Waals surface area contributed by atoms with Crippen molar-refractivity contribution >= 4 is 11.6 Å². The Morgan fingerprint density at radius 1 is 1.40 bits per heavy atom. The van der Waals surface area contributed by atoms with Crippen molar-refractivity contribution in [2.24, 2.45) is 0 Å². The normalized spacial score (nSPS) is 23.1. The van der Waals surface area contributed by atoms with E-state index in [1.807, 2.05) is 13.8 Å². The van der Waals surface area contributed by atoms with Crippen LogP contribution in [0.4, 0.5) is 5.69 Å². The van der Waals surface area contributed by atoms with Gasteiger partial charge in [-0.2, -0.15) is 5.26 Å². The number of benzene rings is 1. The molecule has 1 aromatic rings. The average Bonchev–Trinajstić information content (AvgIpc) is 2.37. The molecule has 0 bridgehead atoms. The number of anilines is 1. The smallest absolute Gasteiger partial charge is 0.238 e. The van der Waals surface area contributed by atoms with Gasteiger partial charge in [0, 0.05) is 13.1 Å². The Labute approximate surface area is 119 Å². The summed E-state index contributed by atoms with van der Waals surface area (Å²) in [4.78, 5) is 14.1. The Morgan fingerprint density at radius 2 is 2.05 bits per heavy atom. The quantitative estimate of drug-likeness (QED) is 0.908. The summed E-state index contributed by atoms with van der Waals surface area (Å²) in [6.45, 7) is 5.82. The van der Waals surface area contributed by atoms with Crippen molar-refractivity contribution in [1.82, 2.24) is 4.90 Å². The number of hydrogen-bond acceptors (Lipinski definition) is 4. The van der Waals surface area contributed by atoms with Crippen LogP contribution in [0.25, 0.3) is 0 Å². The summed E-state index contributed by atoms with van der Waals surface area (Å²) < 4.78 is 5.64. The number of morpholine rings is 1. The monoisotopic (exact) mass is 273 g/mol. The van der Waals surface area contributed by atoms with Crippen molar-refractivity contribution in [3.8, 4) is 6.07 Å². The summed E-state index contributed by atoms with van der Waals surface area (Å²) >= 11 is 0. The molecule has 1 fully saturated rings. The fourth-order valence-corrected chi connectivity index (χ4v) is 2.50. The van der Waals surface area contributed by atoms with E-state index in [-0.39, 0.29) is 18.1 Å². The second-order valence-corrected chi connectivity index (χ2v) is 5.16. The van der Waals surface area contributed by atoms with Gasteiger partial charge in [0.2, 0.25) is 5.91 Å². The number of rotatable bonds is 3. The van der Waals surface area contributed by atoms with Crippen LogP contribution in [-0.4, -0.2) is 42.6 Å². The van der Waals surface area contributed by atoms with Crippen molar-refractivity contribution in [1.29, 1.82) is 5.26 Å². The van der Waals surface area contributed by atoms with Gasteiger partial charge in [-0.05, 0) is 26.0 Å². The third-order valence-corrected chi connectivity index (χ3v) is 3.18. The van der Waals surface area contributed by atoms with Gasteiger partial charge in [0.15, 0.2) is 0 Å². The number of carbonyl (C=O) groups excluding carboxylic acids is 1. The molecule has 106 valence electrons. The number of nitrogens with zero attached hydrogens (tertiary/aromatic N) is 2. The van der Waals surface area contributed by atoms with Gasteiger partial charge < -0.3 is 10.1 Å². The zero-order valence-corrected chi connectivity index (χ0v) is 11.8. The highest BCUT2D eigenvalue weighted by atomic mass is 16.5. The van der Waals surface area contributed by atoms with Crippen molar-refractivity contribution in [2.75, 3.05) is 25.0 Å². The maximum absolute atomic E-state index is 12.1. The first-order valence-electron chi connectivity index (χ1n) is 6.75. The summed E-state index contributed by atoms with van der Waals surface area (Å²) in [5.74, 6) is -0.103. The number of para-hydroxylation sites is 1. The molecule has 2 atom stereocenters. The average molecular weight is 273 g/mol. The molecular weight excluding hydrogens is 254 g/mol. The second kappa shape index (κ2) is 6.51. The van der Waals surface area contributed by atoms with Gasteiger partial charge in [0.05, 0.1) is 30.0 Å². The van der Waals surface area contributed by atoms with Gasteiger partial charge in [0.25, 0.3) is 0 Å². The van der Waals surface area contributed by atoms with Crippen LogP contribution < -0.4 is 5.32 Å². The molecule has 0 saturated carbocycles. The lowest BCUT2D eigenvalue weighted by molar-refractivity contribution is -0.121. The summed E-state index contributed by atoms with van der Waals surface area (Å²) in [6, 6.07) is 9.07. The van der Waals surface area contributed by atoms with Gasteiger partial charge in [-0.1, -0.05) is 12.1 Å². The van der Waals surface area contributed by atoms with Crippen LogP contribution in [0, 0.1) is 11.3 Å². The molecule has 0 aliphatic carbocycles. The van der Waals surface area contributed by atoms with E-state index in [1.54, 1.807) is 24.3 Å². The zero-order chi connectivity index (χ0) is 14.5. The van der Waals surface area contributed by atoms with E-state index >= 15 is 0 Å². The fourth-order valence-electron chi connectivity index (χ4n) is 2.50. The highest BCUT2D eigenvalue weighted by Crippen LogP contribution is 2.14. The first-order valence-corrected chi connectivity index (χ1v) is 6.75. The van der Waals surface area contributed by atoms with Gasteiger partial charge >= 0.3 is 0 Å². The van der Waals surface area contributed by atoms with E-state index in [9.17, 15) is 4.79 Å². The molecule has 0 radical (unpaired) electrons. The van der Waals surface area contributed by atoms with E-state index in [0.717, 1.165) is 13.1 Å². The third-order valence-electron chi connectivity index (χ3n) is 3.18. The molecule has 5 nitrogen and oxygen atoms in total. The lowest BCUT2D eigenvalue weighted by atomic mass is 10.2. The molecule has 1 N–H and O–H groups in total. The minimum Gasteiger partial charge on any atom is -0.373 e. The van der Waals surface area contributed by atoms with Gasteiger partial charge in [0.1, 0.15) is 6.07 Å². The summed E-state index contributed by atoms with van der Waals surface area (Å²) in [7, 11) is 0. The Bertz CT molecular complexity index is 514. The largest absolute Gasteiger partial charge is 0.373 e. The molecule has 5 heteroatoms. The molecule has 1 saturated heterocycles. The fraction of sp³-hybridized carbons (Fsp3) is 0.467. The van der Waals surface area contributed by atoms with E-state index in [2.05, 4.69) is 16.3 Å². The summed E-state index contributed by atoms with van der Waals surface area (Å²) in [6.07, 6.45) is 0.274. The second-order valence-electron chi connectivity index (χ2n) is 5.16. The minimum absolute atomic E-state index is 0.103. The lowest BCUT2D eigenvalue weighted by Crippen LogP contribution is -2.48. The number of ether oxygens (including phenoxy) is 1. The Kier molecular flexibility index (Phi) is 4.72. The third kappa shape index (κ3) is 3.80. The Morgan fingerprint density at radius 3 is 2.70 bits per heavy atom. The molecule has 1 amide bonds. The van der Waals surface area contributed by atoms with Crippen LogP contribution in [0.1, 0.15) is 19.4 Å². The van der Waals surface area contributed by atoms with Crippen LogP contribution >= 0.6 is 0 Å². The Hall–Kier alpha value is -1.90. The predicted molar refractivity (Wildman–Crippen MR) is 76.2 cm³/mol. The van der Waals surface area contributed by atoms with Crippen LogP contribution in [-0.2, 0) is 9.53 Å². The highest BCUT2D eigenvalue weighted by molar-refractivity contribution is 5.93. The molecule has 20 heavy (non-hydrogen) atoms. The van der Waals surface area contributed by atoms with E-state index in [4.69, 9.17) is 10.00 Å². The highest BCUT2D eigenvalue weighted by Gasteiger charge is 2.23. The molecule has 1 aliphatic rings. The number of nitrogens with one attached hydrogen (secondary N) is 1. The molecule has 0 aromatic heterocycles.